The molecule has 1 aliphatic heterocycles. The second-order valence-corrected chi connectivity index (χ2v) is 9.48. The molecule has 0 amide bonds. The number of methoxy groups -OCH3 is 1. The first kappa shape index (κ1) is 23.0. The Balaban J connectivity index is 1.32. The Kier molecular flexibility index (Phi) is 6.42. The van der Waals surface area contributed by atoms with Gasteiger partial charge >= 0.3 is 0 Å². The van der Waals surface area contributed by atoms with E-state index in [1.165, 1.54) is 5.56 Å². The monoisotopic (exact) mass is 490 g/mol. The van der Waals surface area contributed by atoms with Gasteiger partial charge in [-0.25, -0.2) is 4.68 Å². The summed E-state index contributed by atoms with van der Waals surface area (Å²) in [5.74, 6) is 2.93. The second-order valence-electron chi connectivity index (χ2n) is 9.48. The zero-order chi connectivity index (χ0) is 25.0. The van der Waals surface area contributed by atoms with Crippen molar-refractivity contribution in [3.63, 3.8) is 0 Å². The number of nitrogens with zero attached hydrogens (tertiary/aromatic N) is 5. The molecule has 0 bridgehead atoms. The van der Waals surface area contributed by atoms with Crippen LogP contribution < -0.4 is 15.0 Å². The number of aromatic nitrogens is 4. The molecular weight excluding hydrogens is 460 g/mol. The van der Waals surface area contributed by atoms with Crippen LogP contribution in [-0.2, 0) is 6.42 Å². The first-order valence-electron chi connectivity index (χ1n) is 12.8. The fourth-order valence-corrected chi connectivity index (χ4v) is 5.01. The molecule has 3 heterocycles. The highest BCUT2D eigenvalue weighted by atomic mass is 16.5. The van der Waals surface area contributed by atoms with E-state index in [4.69, 9.17) is 14.7 Å². The van der Waals surface area contributed by atoms with Gasteiger partial charge in [-0.05, 0) is 55.0 Å². The smallest absolute Gasteiger partial charge is 0.229 e. The fourth-order valence-electron chi connectivity index (χ4n) is 5.01. The summed E-state index contributed by atoms with van der Waals surface area (Å²) in [6.45, 7) is 1.86. The van der Waals surface area contributed by atoms with Crippen molar-refractivity contribution in [2.24, 2.45) is 5.92 Å². The number of fused-ring (bicyclic) bond motifs is 1. The van der Waals surface area contributed by atoms with Crippen molar-refractivity contribution in [3.05, 3.63) is 96.7 Å². The van der Waals surface area contributed by atoms with Gasteiger partial charge in [-0.3, -0.25) is 0 Å². The molecule has 0 aliphatic carbocycles. The van der Waals surface area contributed by atoms with Crippen molar-refractivity contribution in [2.45, 2.75) is 19.3 Å². The van der Waals surface area contributed by atoms with Crippen LogP contribution in [0.15, 0.2) is 91.1 Å². The SMILES string of the molecule is COc1cccc(Nc2nc(N3CCC(Cc4ccccc4)CC3)nc3c2cnn3-c2ccccc2)c1. The highest BCUT2D eigenvalue weighted by molar-refractivity contribution is 5.90. The number of piperidine rings is 1. The summed E-state index contributed by atoms with van der Waals surface area (Å²) >= 11 is 0. The van der Waals surface area contributed by atoms with E-state index < -0.39 is 0 Å². The zero-order valence-electron chi connectivity index (χ0n) is 20.9. The molecule has 1 aliphatic rings. The minimum absolute atomic E-state index is 0.673. The van der Waals surface area contributed by atoms with Gasteiger partial charge in [0.2, 0.25) is 5.95 Å². The molecule has 1 saturated heterocycles. The molecule has 7 heteroatoms. The topological polar surface area (TPSA) is 68.1 Å². The second kappa shape index (κ2) is 10.3. The van der Waals surface area contributed by atoms with Crippen LogP contribution in [0, 0.1) is 5.92 Å². The van der Waals surface area contributed by atoms with E-state index in [9.17, 15) is 0 Å². The number of hydrogen-bond acceptors (Lipinski definition) is 6. The van der Waals surface area contributed by atoms with Gasteiger partial charge in [-0.2, -0.15) is 15.1 Å². The van der Waals surface area contributed by atoms with E-state index in [-0.39, 0.29) is 0 Å². The van der Waals surface area contributed by atoms with Crippen LogP contribution in [-0.4, -0.2) is 39.9 Å². The van der Waals surface area contributed by atoms with Crippen LogP contribution in [0.3, 0.4) is 0 Å². The third-order valence-electron chi connectivity index (χ3n) is 7.01. The standard InChI is InChI=1S/C30H30N6O/c1-37-26-14-8-11-24(20-26)32-28-27-21-31-36(25-12-6-3-7-13-25)29(27)34-30(33-28)35-17-15-23(16-18-35)19-22-9-4-2-5-10-22/h2-14,20-21,23H,15-19H2,1H3,(H,32,33,34). The molecule has 1 N–H and O–H groups in total. The maximum Gasteiger partial charge on any atom is 0.229 e. The van der Waals surface area contributed by atoms with Gasteiger partial charge in [-0.15, -0.1) is 0 Å². The summed E-state index contributed by atoms with van der Waals surface area (Å²) in [6, 6.07) is 28.8. The van der Waals surface area contributed by atoms with Crippen LogP contribution in [0.4, 0.5) is 17.5 Å². The van der Waals surface area contributed by atoms with Gasteiger partial charge in [-0.1, -0.05) is 54.6 Å². The van der Waals surface area contributed by atoms with E-state index in [2.05, 4.69) is 45.6 Å². The molecule has 1 fully saturated rings. The third kappa shape index (κ3) is 4.98. The molecule has 0 spiro atoms. The van der Waals surface area contributed by atoms with E-state index in [0.29, 0.717) is 5.92 Å². The number of anilines is 3. The molecule has 37 heavy (non-hydrogen) atoms. The summed E-state index contributed by atoms with van der Waals surface area (Å²) in [6.07, 6.45) is 5.19. The fraction of sp³-hybridized carbons (Fsp3) is 0.233. The van der Waals surface area contributed by atoms with Crippen molar-refractivity contribution in [2.75, 3.05) is 30.4 Å². The predicted octanol–water partition coefficient (Wildman–Crippen LogP) is 6.03. The first-order chi connectivity index (χ1) is 18.3. The van der Waals surface area contributed by atoms with Gasteiger partial charge in [0.25, 0.3) is 0 Å². The quantitative estimate of drug-likeness (QED) is 0.301. The van der Waals surface area contributed by atoms with Crippen molar-refractivity contribution < 1.29 is 4.74 Å². The van der Waals surface area contributed by atoms with E-state index in [0.717, 1.165) is 72.3 Å². The number of ether oxygens (including phenoxy) is 1. The lowest BCUT2D eigenvalue weighted by atomic mass is 9.90. The molecule has 186 valence electrons. The lowest BCUT2D eigenvalue weighted by Gasteiger charge is -2.32. The minimum atomic E-state index is 0.673. The molecule has 5 aromatic rings. The number of rotatable bonds is 7. The average molecular weight is 491 g/mol. The molecule has 0 unspecified atom stereocenters. The predicted molar refractivity (Wildman–Crippen MR) is 148 cm³/mol. The highest BCUT2D eigenvalue weighted by Gasteiger charge is 2.24. The normalized spacial score (nSPS) is 14.1. The summed E-state index contributed by atoms with van der Waals surface area (Å²) in [5.41, 5.74) is 4.07. The number of hydrogen-bond donors (Lipinski definition) is 1. The first-order valence-corrected chi connectivity index (χ1v) is 12.8. The van der Waals surface area contributed by atoms with Gasteiger partial charge in [0, 0.05) is 24.8 Å². The van der Waals surface area contributed by atoms with Crippen LogP contribution in [0.25, 0.3) is 16.7 Å². The Hall–Kier alpha value is -4.39. The highest BCUT2D eigenvalue weighted by Crippen LogP contribution is 2.31. The number of para-hydroxylation sites is 1. The molecule has 0 saturated carbocycles. The maximum absolute atomic E-state index is 5.42. The van der Waals surface area contributed by atoms with Gasteiger partial charge < -0.3 is 15.0 Å². The number of nitrogens with one attached hydrogen (secondary N) is 1. The Morgan fingerprint density at radius 2 is 1.65 bits per heavy atom. The Bertz CT molecular complexity index is 1480. The van der Waals surface area contributed by atoms with Crippen molar-refractivity contribution in [1.29, 1.82) is 0 Å². The summed E-state index contributed by atoms with van der Waals surface area (Å²) in [4.78, 5) is 12.3. The molecule has 0 radical (unpaired) electrons. The van der Waals surface area contributed by atoms with Crippen molar-refractivity contribution in [1.82, 2.24) is 19.7 Å². The van der Waals surface area contributed by atoms with E-state index in [1.54, 1.807) is 7.11 Å². The Morgan fingerprint density at radius 1 is 0.892 bits per heavy atom. The van der Waals surface area contributed by atoms with Gasteiger partial charge in [0.05, 0.1) is 24.4 Å². The van der Waals surface area contributed by atoms with Crippen LogP contribution in [0.1, 0.15) is 18.4 Å². The summed E-state index contributed by atoms with van der Waals surface area (Å²) < 4.78 is 7.30. The van der Waals surface area contributed by atoms with Crippen LogP contribution >= 0.6 is 0 Å². The van der Waals surface area contributed by atoms with Crippen molar-refractivity contribution >= 4 is 28.5 Å². The summed E-state index contributed by atoms with van der Waals surface area (Å²) in [5, 5.41) is 9.04. The van der Waals surface area contributed by atoms with E-state index in [1.807, 2.05) is 65.5 Å². The van der Waals surface area contributed by atoms with Gasteiger partial charge in [0.15, 0.2) is 5.65 Å². The molecule has 6 rings (SSSR count). The maximum atomic E-state index is 5.42. The zero-order valence-corrected chi connectivity index (χ0v) is 20.9. The van der Waals surface area contributed by atoms with Crippen molar-refractivity contribution in [3.8, 4) is 11.4 Å². The number of benzene rings is 3. The Labute approximate surface area is 216 Å². The van der Waals surface area contributed by atoms with Crippen LogP contribution in [0.2, 0.25) is 0 Å². The van der Waals surface area contributed by atoms with Gasteiger partial charge in [0.1, 0.15) is 11.6 Å². The average Bonchev–Trinajstić information content (AvgIpc) is 3.39. The lowest BCUT2D eigenvalue weighted by Crippen LogP contribution is -2.35. The lowest BCUT2D eigenvalue weighted by molar-refractivity contribution is 0.401. The third-order valence-corrected chi connectivity index (χ3v) is 7.01. The van der Waals surface area contributed by atoms with Crippen LogP contribution in [0.5, 0.6) is 5.75 Å². The van der Waals surface area contributed by atoms with E-state index >= 15 is 0 Å². The molecule has 3 aromatic carbocycles. The molecular formula is C30H30N6O. The molecule has 2 aromatic heterocycles. The molecule has 7 nitrogen and oxygen atoms in total. The minimum Gasteiger partial charge on any atom is -0.497 e. The largest absolute Gasteiger partial charge is 0.497 e. The Morgan fingerprint density at radius 3 is 2.41 bits per heavy atom. The summed E-state index contributed by atoms with van der Waals surface area (Å²) in [7, 11) is 1.67. The molecule has 0 atom stereocenters.